The Morgan fingerprint density at radius 2 is 1.63 bits per heavy atom. The van der Waals surface area contributed by atoms with Crippen LogP contribution in [0.5, 0.6) is 5.88 Å². The maximum Gasteiger partial charge on any atom is 0.217 e. The second-order valence-corrected chi connectivity index (χ2v) is 4.31. The Morgan fingerprint density at radius 1 is 1.00 bits per heavy atom. The van der Waals surface area contributed by atoms with E-state index in [1.54, 1.807) is 42.6 Å². The van der Waals surface area contributed by atoms with E-state index in [0.717, 1.165) is 0 Å². The molecule has 0 radical (unpaired) electrons. The molecule has 0 fully saturated rings. The number of pyridine rings is 1. The molecule has 2 aromatic rings. The van der Waals surface area contributed by atoms with Crippen molar-refractivity contribution in [3.8, 4) is 5.88 Å². The molecule has 1 aromatic heterocycles. The van der Waals surface area contributed by atoms with Crippen LogP contribution in [-0.2, 0) is 0 Å². The lowest BCUT2D eigenvalue weighted by Crippen LogP contribution is -2.14. The second-order valence-electron chi connectivity index (χ2n) is 4.31. The first-order valence-corrected chi connectivity index (χ1v) is 5.90. The molecule has 0 unspecified atom stereocenters. The van der Waals surface area contributed by atoms with E-state index in [2.05, 4.69) is 4.98 Å². The topological polar surface area (TPSA) is 56.3 Å². The number of fused-ring (bicyclic) bond motifs is 1. The van der Waals surface area contributed by atoms with Gasteiger partial charge in [0.05, 0.1) is 7.11 Å². The van der Waals surface area contributed by atoms with Gasteiger partial charge in [0.25, 0.3) is 0 Å². The fourth-order valence-electron chi connectivity index (χ4n) is 2.42. The fraction of sp³-hybridized carbons (Fsp3) is 0.133. The zero-order valence-corrected chi connectivity index (χ0v) is 10.3. The van der Waals surface area contributed by atoms with Crippen LogP contribution in [0.1, 0.15) is 32.2 Å². The van der Waals surface area contributed by atoms with Crippen molar-refractivity contribution in [2.75, 3.05) is 7.11 Å². The lowest BCUT2D eigenvalue weighted by Gasteiger charge is -2.10. The average molecular weight is 253 g/mol. The second kappa shape index (κ2) is 4.31. The molecule has 4 nitrogen and oxygen atoms in total. The van der Waals surface area contributed by atoms with Gasteiger partial charge in [0.2, 0.25) is 5.88 Å². The van der Waals surface area contributed by atoms with Gasteiger partial charge >= 0.3 is 0 Å². The summed E-state index contributed by atoms with van der Waals surface area (Å²) in [5.74, 6) is -0.887. The van der Waals surface area contributed by atoms with Gasteiger partial charge in [-0.15, -0.1) is 0 Å². The maximum absolute atomic E-state index is 12.4. The summed E-state index contributed by atoms with van der Waals surface area (Å²) < 4.78 is 5.14. The summed E-state index contributed by atoms with van der Waals surface area (Å²) in [6, 6.07) is 10.3. The van der Waals surface area contributed by atoms with Crippen LogP contribution in [0.4, 0.5) is 0 Å². The zero-order valence-electron chi connectivity index (χ0n) is 10.3. The van der Waals surface area contributed by atoms with Crippen molar-refractivity contribution in [2.24, 2.45) is 0 Å². The van der Waals surface area contributed by atoms with Crippen LogP contribution in [0.25, 0.3) is 0 Å². The Labute approximate surface area is 110 Å². The quantitative estimate of drug-likeness (QED) is 0.770. The first-order valence-electron chi connectivity index (χ1n) is 5.90. The molecule has 1 heterocycles. The molecule has 0 bridgehead atoms. The largest absolute Gasteiger partial charge is 0.481 e. The third-order valence-electron chi connectivity index (χ3n) is 3.29. The molecule has 0 N–H and O–H groups in total. The van der Waals surface area contributed by atoms with Crippen LogP contribution in [0, 0.1) is 0 Å². The molecule has 1 aliphatic carbocycles. The van der Waals surface area contributed by atoms with E-state index in [4.69, 9.17) is 4.74 Å². The minimum Gasteiger partial charge on any atom is -0.481 e. The number of rotatable bonds is 2. The highest BCUT2D eigenvalue weighted by molar-refractivity contribution is 6.29. The van der Waals surface area contributed by atoms with Gasteiger partial charge in [-0.1, -0.05) is 30.3 Å². The molecule has 1 aliphatic rings. The van der Waals surface area contributed by atoms with Crippen molar-refractivity contribution in [1.82, 2.24) is 4.98 Å². The Kier molecular flexibility index (Phi) is 2.63. The highest BCUT2D eigenvalue weighted by atomic mass is 16.5. The van der Waals surface area contributed by atoms with Crippen molar-refractivity contribution >= 4 is 11.6 Å². The van der Waals surface area contributed by atoms with Gasteiger partial charge in [-0.3, -0.25) is 9.59 Å². The van der Waals surface area contributed by atoms with E-state index in [9.17, 15) is 9.59 Å². The predicted octanol–water partition coefficient (Wildman–Crippen LogP) is 2.25. The van der Waals surface area contributed by atoms with Crippen molar-refractivity contribution in [3.05, 3.63) is 59.3 Å². The lowest BCUT2D eigenvalue weighted by atomic mass is 9.95. The number of nitrogens with zero attached hydrogens (tertiary/aromatic N) is 1. The minimum atomic E-state index is -0.832. The van der Waals surface area contributed by atoms with Crippen LogP contribution in [0.15, 0.2) is 42.6 Å². The maximum atomic E-state index is 12.4. The average Bonchev–Trinajstić information content (AvgIpc) is 2.71. The van der Waals surface area contributed by atoms with Crippen LogP contribution in [0.3, 0.4) is 0 Å². The fourth-order valence-corrected chi connectivity index (χ4v) is 2.42. The van der Waals surface area contributed by atoms with E-state index >= 15 is 0 Å². The third-order valence-corrected chi connectivity index (χ3v) is 3.29. The number of ether oxygens (including phenoxy) is 1. The van der Waals surface area contributed by atoms with Crippen molar-refractivity contribution in [2.45, 2.75) is 5.92 Å². The summed E-state index contributed by atoms with van der Waals surface area (Å²) in [6.45, 7) is 0. The summed E-state index contributed by atoms with van der Waals surface area (Å²) in [5.41, 5.74) is 1.48. The molecule has 0 spiro atoms. The summed E-state index contributed by atoms with van der Waals surface area (Å²) in [5, 5.41) is 0. The molecule has 19 heavy (non-hydrogen) atoms. The number of methoxy groups -OCH3 is 1. The molecule has 4 heteroatoms. The van der Waals surface area contributed by atoms with E-state index in [0.29, 0.717) is 22.6 Å². The van der Waals surface area contributed by atoms with Crippen LogP contribution in [0.2, 0.25) is 0 Å². The minimum absolute atomic E-state index is 0.188. The van der Waals surface area contributed by atoms with Crippen LogP contribution < -0.4 is 4.74 Å². The number of hydrogen-bond donors (Lipinski definition) is 0. The van der Waals surface area contributed by atoms with Gasteiger partial charge in [0, 0.05) is 22.9 Å². The number of carbonyl (C=O) groups is 2. The molecule has 0 atom stereocenters. The van der Waals surface area contributed by atoms with Gasteiger partial charge in [0.15, 0.2) is 11.6 Å². The van der Waals surface area contributed by atoms with E-state index < -0.39 is 5.92 Å². The van der Waals surface area contributed by atoms with Crippen molar-refractivity contribution < 1.29 is 14.3 Å². The van der Waals surface area contributed by atoms with Crippen LogP contribution >= 0.6 is 0 Å². The number of ketones is 2. The predicted molar refractivity (Wildman–Crippen MR) is 68.6 cm³/mol. The van der Waals surface area contributed by atoms with E-state index in [1.165, 1.54) is 7.11 Å². The SMILES string of the molecule is COc1ncccc1C1C(=O)c2ccccc2C1=O. The molecular formula is C15H11NO3. The van der Waals surface area contributed by atoms with Gasteiger partial charge in [-0.25, -0.2) is 4.98 Å². The van der Waals surface area contributed by atoms with E-state index in [1.807, 2.05) is 0 Å². The third kappa shape index (κ3) is 1.64. The van der Waals surface area contributed by atoms with Gasteiger partial charge in [-0.05, 0) is 6.07 Å². The van der Waals surface area contributed by atoms with Gasteiger partial charge in [-0.2, -0.15) is 0 Å². The molecule has 3 rings (SSSR count). The van der Waals surface area contributed by atoms with Crippen LogP contribution in [-0.4, -0.2) is 23.7 Å². The summed E-state index contributed by atoms with van der Waals surface area (Å²) >= 11 is 0. The number of Topliss-reactive ketones (excluding diaryl/α,β-unsaturated/α-hetero) is 2. The Balaban J connectivity index is 2.14. The summed E-state index contributed by atoms with van der Waals surface area (Å²) in [7, 11) is 1.48. The first kappa shape index (κ1) is 11.6. The molecule has 0 amide bonds. The Hall–Kier alpha value is -2.49. The highest BCUT2D eigenvalue weighted by Gasteiger charge is 2.40. The first-order chi connectivity index (χ1) is 9.24. The van der Waals surface area contributed by atoms with Gasteiger partial charge in [0.1, 0.15) is 5.92 Å². The Bertz CT molecular complexity index is 644. The molecular weight excluding hydrogens is 242 g/mol. The number of hydrogen-bond acceptors (Lipinski definition) is 4. The standard InChI is InChI=1S/C15H11NO3/c1-19-15-11(7-4-8-16-15)12-13(17)9-5-2-3-6-10(9)14(12)18/h2-8,12H,1H3. The monoisotopic (exact) mass is 253 g/mol. The zero-order chi connectivity index (χ0) is 13.4. The number of carbonyl (C=O) groups excluding carboxylic acids is 2. The highest BCUT2D eigenvalue weighted by Crippen LogP contribution is 2.36. The molecule has 0 aliphatic heterocycles. The van der Waals surface area contributed by atoms with Crippen molar-refractivity contribution in [1.29, 1.82) is 0 Å². The summed E-state index contributed by atoms with van der Waals surface area (Å²) in [6.07, 6.45) is 1.57. The normalized spacial score (nSPS) is 14.6. The summed E-state index contributed by atoms with van der Waals surface area (Å²) in [4.78, 5) is 28.8. The molecule has 0 saturated carbocycles. The van der Waals surface area contributed by atoms with E-state index in [-0.39, 0.29) is 11.6 Å². The number of benzene rings is 1. The molecule has 1 aromatic carbocycles. The smallest absolute Gasteiger partial charge is 0.217 e. The van der Waals surface area contributed by atoms with Crippen molar-refractivity contribution in [3.63, 3.8) is 0 Å². The lowest BCUT2D eigenvalue weighted by molar-refractivity contribution is 0.0888. The Morgan fingerprint density at radius 3 is 2.21 bits per heavy atom. The molecule has 0 saturated heterocycles. The molecule has 94 valence electrons. The number of aromatic nitrogens is 1. The van der Waals surface area contributed by atoms with Gasteiger partial charge < -0.3 is 4.74 Å².